The maximum absolute atomic E-state index is 13.7. The minimum atomic E-state index is -0.431. The first-order chi connectivity index (χ1) is 12.2. The molecule has 0 radical (unpaired) electrons. The van der Waals surface area contributed by atoms with Crippen molar-refractivity contribution in [3.05, 3.63) is 59.4 Å². The number of hydrogen-bond acceptors (Lipinski definition) is 4. The fourth-order valence-electron chi connectivity index (χ4n) is 2.89. The van der Waals surface area contributed by atoms with Crippen LogP contribution in [0.15, 0.2) is 42.5 Å². The molecule has 2 aromatic rings. The van der Waals surface area contributed by atoms with Gasteiger partial charge in [-0.05, 0) is 24.3 Å². The zero-order valence-electron chi connectivity index (χ0n) is 14.1. The topological polar surface area (TPSA) is 50.8 Å². The fraction of sp³-hybridized carbons (Fsp3) is 0.316. The van der Waals surface area contributed by atoms with Gasteiger partial charge in [-0.15, -0.1) is 0 Å². The molecule has 0 aromatic heterocycles. The molecule has 1 N–H and O–H groups in total. The lowest BCUT2D eigenvalue weighted by molar-refractivity contribution is 0.0948. The van der Waals surface area contributed by atoms with Crippen LogP contribution in [0.4, 0.5) is 10.1 Å². The summed E-state index contributed by atoms with van der Waals surface area (Å²) in [6.07, 6.45) is 0. The van der Waals surface area contributed by atoms with Crippen molar-refractivity contribution in [2.24, 2.45) is 0 Å². The zero-order chi connectivity index (χ0) is 17.6. The van der Waals surface area contributed by atoms with Gasteiger partial charge in [0.05, 0.1) is 25.9 Å². The number of benzene rings is 2. The lowest BCUT2D eigenvalue weighted by Crippen LogP contribution is -2.38. The van der Waals surface area contributed by atoms with Crippen LogP contribution in [0, 0.1) is 5.82 Å². The van der Waals surface area contributed by atoms with Gasteiger partial charge in [-0.1, -0.05) is 18.2 Å². The van der Waals surface area contributed by atoms with Gasteiger partial charge in [-0.2, -0.15) is 0 Å². The number of nitrogens with zero attached hydrogens (tertiary/aromatic N) is 1. The first-order valence-electron chi connectivity index (χ1n) is 8.21. The van der Waals surface area contributed by atoms with Gasteiger partial charge in [0.1, 0.15) is 11.6 Å². The highest BCUT2D eigenvalue weighted by atomic mass is 19.1. The van der Waals surface area contributed by atoms with E-state index in [-0.39, 0.29) is 5.91 Å². The molecule has 132 valence electrons. The van der Waals surface area contributed by atoms with E-state index in [1.165, 1.54) is 12.1 Å². The van der Waals surface area contributed by atoms with Gasteiger partial charge in [-0.25, -0.2) is 4.39 Å². The van der Waals surface area contributed by atoms with E-state index in [4.69, 9.17) is 9.47 Å². The van der Waals surface area contributed by atoms with E-state index in [0.717, 1.165) is 11.3 Å². The number of carbonyl (C=O) groups is 1. The van der Waals surface area contributed by atoms with Crippen molar-refractivity contribution in [3.63, 3.8) is 0 Å². The van der Waals surface area contributed by atoms with Gasteiger partial charge in [0.25, 0.3) is 5.91 Å². The van der Waals surface area contributed by atoms with E-state index in [1.807, 2.05) is 29.2 Å². The number of methoxy groups -OCH3 is 1. The smallest absolute Gasteiger partial charge is 0.253 e. The molecule has 5 nitrogen and oxygen atoms in total. The van der Waals surface area contributed by atoms with Crippen molar-refractivity contribution in [1.29, 1.82) is 0 Å². The molecule has 1 aliphatic rings. The summed E-state index contributed by atoms with van der Waals surface area (Å²) in [5.74, 6) is -0.0400. The molecule has 6 heteroatoms. The quantitative estimate of drug-likeness (QED) is 0.906. The third-order valence-electron chi connectivity index (χ3n) is 4.19. The summed E-state index contributed by atoms with van der Waals surface area (Å²) in [5.41, 5.74) is 1.92. The Bertz CT molecular complexity index is 745. The van der Waals surface area contributed by atoms with Crippen molar-refractivity contribution in [3.8, 4) is 5.75 Å². The Labute approximate surface area is 146 Å². The first kappa shape index (κ1) is 17.2. The molecule has 0 atom stereocenters. The van der Waals surface area contributed by atoms with Crippen LogP contribution in [0.3, 0.4) is 0 Å². The van der Waals surface area contributed by atoms with Crippen LogP contribution in [0.2, 0.25) is 0 Å². The van der Waals surface area contributed by atoms with Crippen molar-refractivity contribution in [2.75, 3.05) is 38.3 Å². The van der Waals surface area contributed by atoms with Gasteiger partial charge in [0.2, 0.25) is 0 Å². The molecule has 1 saturated heterocycles. The largest absolute Gasteiger partial charge is 0.496 e. The number of para-hydroxylation sites is 1. The molecule has 0 bridgehead atoms. The Kier molecular flexibility index (Phi) is 5.50. The Balaban J connectivity index is 1.78. The average molecular weight is 344 g/mol. The average Bonchev–Trinajstić information content (AvgIpc) is 2.67. The number of hydrogen-bond donors (Lipinski definition) is 1. The van der Waals surface area contributed by atoms with Crippen molar-refractivity contribution < 1.29 is 18.7 Å². The molecule has 1 fully saturated rings. The second-order valence-corrected chi connectivity index (χ2v) is 5.76. The molecular formula is C19H21FN2O3. The number of morpholine rings is 1. The predicted molar refractivity (Wildman–Crippen MR) is 93.6 cm³/mol. The van der Waals surface area contributed by atoms with Crippen LogP contribution in [-0.4, -0.2) is 39.3 Å². The minimum Gasteiger partial charge on any atom is -0.496 e. The van der Waals surface area contributed by atoms with Gasteiger partial charge in [0.15, 0.2) is 0 Å². The number of ether oxygens (including phenoxy) is 2. The molecule has 2 aromatic carbocycles. The molecule has 1 aliphatic heterocycles. The van der Waals surface area contributed by atoms with Crippen LogP contribution < -0.4 is 15.0 Å². The second kappa shape index (κ2) is 7.98. The number of amides is 1. The molecule has 0 spiro atoms. The lowest BCUT2D eigenvalue weighted by Gasteiger charge is -2.30. The molecule has 25 heavy (non-hydrogen) atoms. The summed E-state index contributed by atoms with van der Waals surface area (Å²) in [5, 5.41) is 2.85. The summed E-state index contributed by atoms with van der Waals surface area (Å²) in [6, 6.07) is 11.8. The molecule has 1 amide bonds. The fourth-order valence-corrected chi connectivity index (χ4v) is 2.89. The van der Waals surface area contributed by atoms with Crippen molar-refractivity contribution >= 4 is 11.6 Å². The Morgan fingerprint density at radius 2 is 2.00 bits per heavy atom. The number of rotatable bonds is 5. The van der Waals surface area contributed by atoms with Gasteiger partial charge in [-0.3, -0.25) is 4.79 Å². The zero-order valence-corrected chi connectivity index (χ0v) is 14.1. The van der Waals surface area contributed by atoms with Gasteiger partial charge >= 0.3 is 0 Å². The Morgan fingerprint density at radius 3 is 2.76 bits per heavy atom. The monoisotopic (exact) mass is 344 g/mol. The second-order valence-electron chi connectivity index (χ2n) is 5.76. The van der Waals surface area contributed by atoms with E-state index in [1.54, 1.807) is 13.2 Å². The van der Waals surface area contributed by atoms with Crippen LogP contribution in [0.5, 0.6) is 5.75 Å². The van der Waals surface area contributed by atoms with E-state index in [9.17, 15) is 9.18 Å². The normalized spacial score (nSPS) is 14.2. The number of carbonyl (C=O) groups excluding carboxylic acids is 1. The molecule has 0 saturated carbocycles. The van der Waals surface area contributed by atoms with Crippen molar-refractivity contribution in [1.82, 2.24) is 5.32 Å². The van der Waals surface area contributed by atoms with E-state index >= 15 is 0 Å². The van der Waals surface area contributed by atoms with Crippen molar-refractivity contribution in [2.45, 2.75) is 6.54 Å². The highest BCUT2D eigenvalue weighted by Crippen LogP contribution is 2.23. The minimum absolute atomic E-state index is 0.307. The summed E-state index contributed by atoms with van der Waals surface area (Å²) < 4.78 is 24.3. The van der Waals surface area contributed by atoms with Crippen LogP contribution in [0.25, 0.3) is 0 Å². The maximum Gasteiger partial charge on any atom is 0.253 e. The molecule has 0 unspecified atom stereocenters. The third kappa shape index (κ3) is 4.09. The summed E-state index contributed by atoms with van der Waals surface area (Å²) in [4.78, 5) is 14.7. The molecule has 3 rings (SSSR count). The van der Waals surface area contributed by atoms with Crippen LogP contribution in [-0.2, 0) is 11.3 Å². The molecule has 1 heterocycles. The standard InChI is InChI=1S/C19H21FN2O3/c1-24-18-5-3-2-4-14(18)13-21-19(23)16-12-15(20)6-7-17(16)22-8-10-25-11-9-22/h2-7,12H,8-11,13H2,1H3,(H,21,23). The molecule has 0 aliphatic carbocycles. The molecular weight excluding hydrogens is 323 g/mol. The van der Waals surface area contributed by atoms with E-state index in [0.29, 0.717) is 44.2 Å². The van der Waals surface area contributed by atoms with E-state index in [2.05, 4.69) is 5.32 Å². The highest BCUT2D eigenvalue weighted by Gasteiger charge is 2.19. The number of halogens is 1. The number of anilines is 1. The Morgan fingerprint density at radius 1 is 1.24 bits per heavy atom. The first-order valence-corrected chi connectivity index (χ1v) is 8.21. The predicted octanol–water partition coefficient (Wildman–Crippen LogP) is 2.60. The summed E-state index contributed by atoms with van der Waals surface area (Å²) in [6.45, 7) is 2.86. The van der Waals surface area contributed by atoms with Crippen LogP contribution >= 0.6 is 0 Å². The maximum atomic E-state index is 13.7. The van der Waals surface area contributed by atoms with Gasteiger partial charge < -0.3 is 19.7 Å². The SMILES string of the molecule is COc1ccccc1CNC(=O)c1cc(F)ccc1N1CCOCC1. The third-order valence-corrected chi connectivity index (χ3v) is 4.19. The van der Waals surface area contributed by atoms with Crippen LogP contribution in [0.1, 0.15) is 15.9 Å². The lowest BCUT2D eigenvalue weighted by atomic mass is 10.1. The summed E-state index contributed by atoms with van der Waals surface area (Å²) >= 11 is 0. The highest BCUT2D eigenvalue weighted by molar-refractivity contribution is 5.99. The van der Waals surface area contributed by atoms with Gasteiger partial charge in [0, 0.05) is 30.9 Å². The number of nitrogens with one attached hydrogen (secondary N) is 1. The Hall–Kier alpha value is -2.60. The summed E-state index contributed by atoms with van der Waals surface area (Å²) in [7, 11) is 1.59. The van der Waals surface area contributed by atoms with E-state index < -0.39 is 5.82 Å².